The van der Waals surface area contributed by atoms with Crippen molar-refractivity contribution in [2.45, 2.75) is 39.5 Å². The normalized spacial score (nSPS) is 16.9. The molecule has 0 heterocycles. The van der Waals surface area contributed by atoms with E-state index in [1.807, 2.05) is 6.08 Å². The SMILES string of the molecule is Cc1ccc(C2=CC(=O)CCCC2)c(C)c1. The van der Waals surface area contributed by atoms with Crippen LogP contribution in [-0.4, -0.2) is 5.78 Å². The summed E-state index contributed by atoms with van der Waals surface area (Å²) in [5, 5.41) is 0. The largest absolute Gasteiger partial charge is 0.295 e. The van der Waals surface area contributed by atoms with Crippen molar-refractivity contribution in [2.75, 3.05) is 0 Å². The maximum absolute atomic E-state index is 11.6. The second-order valence-corrected chi connectivity index (χ2v) is 4.66. The van der Waals surface area contributed by atoms with E-state index >= 15 is 0 Å². The molecule has 0 saturated heterocycles. The fourth-order valence-electron chi connectivity index (χ4n) is 2.34. The molecule has 0 radical (unpaired) electrons. The molecule has 0 aliphatic heterocycles. The zero-order chi connectivity index (χ0) is 11.5. The Balaban J connectivity index is 2.38. The molecule has 0 atom stereocenters. The molecule has 84 valence electrons. The molecule has 0 aromatic heterocycles. The van der Waals surface area contributed by atoms with Gasteiger partial charge in [0.25, 0.3) is 0 Å². The highest BCUT2D eigenvalue weighted by atomic mass is 16.1. The lowest BCUT2D eigenvalue weighted by Gasteiger charge is -2.09. The topological polar surface area (TPSA) is 17.1 Å². The summed E-state index contributed by atoms with van der Waals surface area (Å²) in [7, 11) is 0. The van der Waals surface area contributed by atoms with E-state index < -0.39 is 0 Å². The van der Waals surface area contributed by atoms with Gasteiger partial charge in [-0.15, -0.1) is 0 Å². The first-order valence-corrected chi connectivity index (χ1v) is 5.98. The average molecular weight is 214 g/mol. The van der Waals surface area contributed by atoms with Crippen molar-refractivity contribution in [1.82, 2.24) is 0 Å². The lowest BCUT2D eigenvalue weighted by atomic mass is 9.95. The summed E-state index contributed by atoms with van der Waals surface area (Å²) in [4.78, 5) is 11.6. The Bertz CT molecular complexity index is 441. The number of rotatable bonds is 1. The van der Waals surface area contributed by atoms with Crippen molar-refractivity contribution in [3.05, 3.63) is 41.0 Å². The van der Waals surface area contributed by atoms with Crippen LogP contribution in [0.5, 0.6) is 0 Å². The molecule has 1 aliphatic carbocycles. The lowest BCUT2D eigenvalue weighted by Crippen LogP contribution is -1.93. The van der Waals surface area contributed by atoms with Crippen LogP contribution in [0.15, 0.2) is 24.3 Å². The molecule has 1 aliphatic rings. The molecule has 0 fully saturated rings. The molecular weight excluding hydrogens is 196 g/mol. The Morgan fingerprint density at radius 3 is 2.56 bits per heavy atom. The maximum atomic E-state index is 11.6. The quantitative estimate of drug-likeness (QED) is 0.694. The van der Waals surface area contributed by atoms with Crippen LogP contribution < -0.4 is 0 Å². The van der Waals surface area contributed by atoms with Gasteiger partial charge in [0.1, 0.15) is 0 Å². The van der Waals surface area contributed by atoms with Gasteiger partial charge in [-0.1, -0.05) is 23.8 Å². The Kier molecular flexibility index (Phi) is 3.23. The third-order valence-corrected chi connectivity index (χ3v) is 3.18. The summed E-state index contributed by atoms with van der Waals surface area (Å²) >= 11 is 0. The summed E-state index contributed by atoms with van der Waals surface area (Å²) in [6.07, 6.45) is 5.77. The van der Waals surface area contributed by atoms with Crippen LogP contribution in [0.2, 0.25) is 0 Å². The molecule has 0 bridgehead atoms. The summed E-state index contributed by atoms with van der Waals surface area (Å²) in [6, 6.07) is 6.46. The Morgan fingerprint density at radius 2 is 1.81 bits per heavy atom. The summed E-state index contributed by atoms with van der Waals surface area (Å²) in [6.45, 7) is 4.22. The van der Waals surface area contributed by atoms with E-state index in [4.69, 9.17) is 0 Å². The number of carbonyl (C=O) groups excluding carboxylic acids is 1. The molecule has 0 spiro atoms. The number of ketones is 1. The minimum atomic E-state index is 0.285. The van der Waals surface area contributed by atoms with Crippen LogP contribution in [0.4, 0.5) is 0 Å². The lowest BCUT2D eigenvalue weighted by molar-refractivity contribution is -0.114. The first-order valence-electron chi connectivity index (χ1n) is 5.98. The van der Waals surface area contributed by atoms with E-state index in [0.717, 1.165) is 19.3 Å². The van der Waals surface area contributed by atoms with Crippen LogP contribution in [-0.2, 0) is 4.79 Å². The van der Waals surface area contributed by atoms with Gasteiger partial charge in [0.2, 0.25) is 0 Å². The first kappa shape index (κ1) is 11.1. The van der Waals surface area contributed by atoms with Gasteiger partial charge >= 0.3 is 0 Å². The van der Waals surface area contributed by atoms with E-state index in [2.05, 4.69) is 32.0 Å². The molecule has 0 amide bonds. The van der Waals surface area contributed by atoms with Crippen LogP contribution in [0.25, 0.3) is 5.57 Å². The second-order valence-electron chi connectivity index (χ2n) is 4.66. The summed E-state index contributed by atoms with van der Waals surface area (Å²) < 4.78 is 0. The number of allylic oxidation sites excluding steroid dienone is 2. The van der Waals surface area contributed by atoms with Gasteiger partial charge in [-0.2, -0.15) is 0 Å². The fraction of sp³-hybridized carbons (Fsp3) is 0.400. The molecule has 0 N–H and O–H groups in total. The minimum Gasteiger partial charge on any atom is -0.295 e. The van der Waals surface area contributed by atoms with E-state index in [0.29, 0.717) is 6.42 Å². The molecule has 1 aromatic carbocycles. The van der Waals surface area contributed by atoms with Gasteiger partial charge in [-0.3, -0.25) is 4.79 Å². The van der Waals surface area contributed by atoms with Crippen molar-refractivity contribution < 1.29 is 4.79 Å². The smallest absolute Gasteiger partial charge is 0.155 e. The van der Waals surface area contributed by atoms with Crippen molar-refractivity contribution in [2.24, 2.45) is 0 Å². The maximum Gasteiger partial charge on any atom is 0.155 e. The predicted molar refractivity (Wildman–Crippen MR) is 67.4 cm³/mol. The third kappa shape index (κ3) is 2.41. The zero-order valence-corrected chi connectivity index (χ0v) is 10.0. The van der Waals surface area contributed by atoms with Crippen LogP contribution >= 0.6 is 0 Å². The second kappa shape index (κ2) is 4.65. The van der Waals surface area contributed by atoms with Gasteiger partial charge in [-0.05, 0) is 55.9 Å². The highest BCUT2D eigenvalue weighted by Crippen LogP contribution is 2.27. The highest BCUT2D eigenvalue weighted by Gasteiger charge is 2.11. The fourth-order valence-corrected chi connectivity index (χ4v) is 2.34. The predicted octanol–water partition coefficient (Wildman–Crippen LogP) is 3.83. The monoisotopic (exact) mass is 214 g/mol. The molecule has 2 rings (SSSR count). The molecular formula is C15H18O. The van der Waals surface area contributed by atoms with Gasteiger partial charge in [0.15, 0.2) is 5.78 Å². The van der Waals surface area contributed by atoms with E-state index in [1.165, 1.54) is 22.3 Å². The first-order chi connectivity index (χ1) is 7.66. The van der Waals surface area contributed by atoms with Crippen LogP contribution in [0.3, 0.4) is 0 Å². The minimum absolute atomic E-state index is 0.285. The number of carbonyl (C=O) groups is 1. The Morgan fingerprint density at radius 1 is 1.06 bits per heavy atom. The van der Waals surface area contributed by atoms with Gasteiger partial charge in [0.05, 0.1) is 0 Å². The number of aryl methyl sites for hydroxylation is 2. The number of benzene rings is 1. The summed E-state index contributed by atoms with van der Waals surface area (Å²) in [5.74, 6) is 0.285. The van der Waals surface area contributed by atoms with Gasteiger partial charge < -0.3 is 0 Å². The van der Waals surface area contributed by atoms with Gasteiger partial charge in [-0.25, -0.2) is 0 Å². The molecule has 16 heavy (non-hydrogen) atoms. The zero-order valence-electron chi connectivity index (χ0n) is 10.0. The van der Waals surface area contributed by atoms with Crippen molar-refractivity contribution in [1.29, 1.82) is 0 Å². The van der Waals surface area contributed by atoms with Crippen molar-refractivity contribution in [3.8, 4) is 0 Å². The number of hydrogen-bond acceptors (Lipinski definition) is 1. The van der Waals surface area contributed by atoms with Crippen LogP contribution in [0.1, 0.15) is 42.4 Å². The van der Waals surface area contributed by atoms with Crippen molar-refractivity contribution in [3.63, 3.8) is 0 Å². The highest BCUT2D eigenvalue weighted by molar-refractivity contribution is 5.97. The van der Waals surface area contributed by atoms with Crippen LogP contribution in [0, 0.1) is 13.8 Å². The average Bonchev–Trinajstić information content (AvgIpc) is 2.43. The molecule has 0 saturated carbocycles. The van der Waals surface area contributed by atoms with Gasteiger partial charge in [0, 0.05) is 6.42 Å². The summed E-state index contributed by atoms with van der Waals surface area (Å²) in [5.41, 5.74) is 5.03. The number of hydrogen-bond donors (Lipinski definition) is 0. The van der Waals surface area contributed by atoms with Crippen molar-refractivity contribution >= 4 is 11.4 Å². The molecule has 0 unspecified atom stereocenters. The molecule has 1 nitrogen and oxygen atoms in total. The van der Waals surface area contributed by atoms with E-state index in [1.54, 1.807) is 0 Å². The standard InChI is InChI=1S/C15H18O/c1-11-7-8-15(12(2)9-11)13-5-3-4-6-14(16)10-13/h7-10H,3-6H2,1-2H3. The molecule has 1 heteroatoms. The van der Waals surface area contributed by atoms with E-state index in [9.17, 15) is 4.79 Å². The molecule has 1 aromatic rings. The van der Waals surface area contributed by atoms with E-state index in [-0.39, 0.29) is 5.78 Å². The third-order valence-electron chi connectivity index (χ3n) is 3.18. The Hall–Kier alpha value is -1.37. The Labute approximate surface area is 97.2 Å².